The zero-order valence-electron chi connectivity index (χ0n) is 15.4. The maximum Gasteiger partial charge on any atom is 0.233 e. The molecule has 3 aromatic rings. The number of hydrogen-bond acceptors (Lipinski definition) is 6. The van der Waals surface area contributed by atoms with Crippen molar-refractivity contribution in [2.75, 3.05) is 12.4 Å². The van der Waals surface area contributed by atoms with E-state index in [1.807, 2.05) is 30.3 Å². The zero-order valence-corrected chi connectivity index (χ0v) is 17.0. The average molecular weight is 438 g/mol. The van der Waals surface area contributed by atoms with Gasteiger partial charge in [-0.1, -0.05) is 36.4 Å². The number of fused-ring (bicyclic) bond motifs is 1. The number of benzene rings is 2. The molecule has 1 aromatic heterocycles. The van der Waals surface area contributed by atoms with Crippen molar-refractivity contribution < 1.29 is 27.5 Å². The first-order valence-electron chi connectivity index (χ1n) is 8.78. The summed E-state index contributed by atoms with van der Waals surface area (Å²) in [7, 11) is -3.71. The quantitative estimate of drug-likeness (QED) is 0.299. The molecule has 154 valence electrons. The third-order valence-corrected chi connectivity index (χ3v) is 6.93. The van der Waals surface area contributed by atoms with Gasteiger partial charge < -0.3 is 4.74 Å². The number of hydroxylamine groups is 2. The topological polar surface area (TPSA) is 83.9 Å². The van der Waals surface area contributed by atoms with Crippen LogP contribution in [0, 0.1) is 5.82 Å². The van der Waals surface area contributed by atoms with Gasteiger partial charge in [-0.3, -0.25) is 10.0 Å². The molecule has 1 atom stereocenters. The monoisotopic (exact) mass is 437 g/mol. The lowest BCUT2D eigenvalue weighted by Crippen LogP contribution is -2.41. The van der Waals surface area contributed by atoms with Crippen LogP contribution in [0.25, 0.3) is 10.1 Å². The number of rotatable bonds is 10. The SMILES string of the molecule is O=CN(O)[C@@H](COCc1ccccc1)CS(=O)(=O)Cc1ccc2scc(F)c2c1. The Balaban J connectivity index is 1.66. The smallest absolute Gasteiger partial charge is 0.233 e. The van der Waals surface area contributed by atoms with E-state index in [1.54, 1.807) is 12.1 Å². The summed E-state index contributed by atoms with van der Waals surface area (Å²) in [5, 5.41) is 11.8. The van der Waals surface area contributed by atoms with Gasteiger partial charge >= 0.3 is 0 Å². The Morgan fingerprint density at radius 3 is 2.66 bits per heavy atom. The van der Waals surface area contributed by atoms with Gasteiger partial charge in [-0.05, 0) is 23.3 Å². The van der Waals surface area contributed by atoms with Crippen molar-refractivity contribution in [3.05, 3.63) is 70.9 Å². The lowest BCUT2D eigenvalue weighted by Gasteiger charge is -2.22. The summed E-state index contributed by atoms with van der Waals surface area (Å²) in [6.07, 6.45) is 0.152. The molecule has 0 spiro atoms. The van der Waals surface area contributed by atoms with Crippen molar-refractivity contribution in [2.45, 2.75) is 18.4 Å². The molecular formula is C20H20FNO5S2. The van der Waals surface area contributed by atoms with Gasteiger partial charge in [0.1, 0.15) is 5.82 Å². The molecule has 0 aliphatic heterocycles. The molecule has 0 saturated carbocycles. The lowest BCUT2D eigenvalue weighted by molar-refractivity contribution is -0.163. The van der Waals surface area contributed by atoms with E-state index in [0.717, 1.165) is 10.3 Å². The Bertz CT molecular complexity index is 1070. The van der Waals surface area contributed by atoms with Crippen molar-refractivity contribution in [2.24, 2.45) is 0 Å². The number of halogens is 1. The van der Waals surface area contributed by atoms with Crippen molar-refractivity contribution in [1.82, 2.24) is 5.06 Å². The molecule has 3 rings (SSSR count). The van der Waals surface area contributed by atoms with Gasteiger partial charge in [0, 0.05) is 15.5 Å². The number of ether oxygens (including phenoxy) is 1. The molecule has 1 N–H and O–H groups in total. The molecule has 29 heavy (non-hydrogen) atoms. The highest BCUT2D eigenvalue weighted by atomic mass is 32.2. The van der Waals surface area contributed by atoms with E-state index in [9.17, 15) is 22.8 Å². The first-order chi connectivity index (χ1) is 13.9. The van der Waals surface area contributed by atoms with E-state index in [1.165, 1.54) is 22.8 Å². The molecule has 0 aliphatic carbocycles. The molecule has 0 unspecified atom stereocenters. The largest absolute Gasteiger partial charge is 0.374 e. The summed E-state index contributed by atoms with van der Waals surface area (Å²) < 4.78 is 45.2. The molecule has 1 heterocycles. The van der Waals surface area contributed by atoms with Gasteiger partial charge in [-0.2, -0.15) is 0 Å². The van der Waals surface area contributed by atoms with E-state index >= 15 is 0 Å². The third-order valence-electron chi connectivity index (χ3n) is 4.33. The van der Waals surface area contributed by atoms with Crippen LogP contribution in [0.15, 0.2) is 53.9 Å². The number of amides is 1. The highest BCUT2D eigenvalue weighted by molar-refractivity contribution is 7.90. The summed E-state index contributed by atoms with van der Waals surface area (Å²) >= 11 is 1.25. The molecule has 0 bridgehead atoms. The van der Waals surface area contributed by atoms with Crippen LogP contribution >= 0.6 is 11.3 Å². The van der Waals surface area contributed by atoms with Gasteiger partial charge in [0.25, 0.3) is 0 Å². The van der Waals surface area contributed by atoms with E-state index in [-0.39, 0.29) is 31.2 Å². The van der Waals surface area contributed by atoms with Gasteiger partial charge in [-0.15, -0.1) is 11.3 Å². The highest BCUT2D eigenvalue weighted by Gasteiger charge is 2.25. The van der Waals surface area contributed by atoms with Gasteiger partial charge in [0.15, 0.2) is 9.84 Å². The predicted molar refractivity (Wildman–Crippen MR) is 109 cm³/mol. The number of hydrogen-bond donors (Lipinski definition) is 1. The van der Waals surface area contributed by atoms with Crippen molar-refractivity contribution >= 4 is 37.7 Å². The molecule has 6 nitrogen and oxygen atoms in total. The summed E-state index contributed by atoms with van der Waals surface area (Å²) in [4.78, 5) is 11.0. The van der Waals surface area contributed by atoms with Crippen molar-refractivity contribution in [1.29, 1.82) is 0 Å². The summed E-state index contributed by atoms with van der Waals surface area (Å²) in [5.74, 6) is -1.21. The fourth-order valence-corrected chi connectivity index (χ4v) is 5.34. The lowest BCUT2D eigenvalue weighted by atomic mass is 10.2. The number of nitrogens with zero attached hydrogens (tertiary/aromatic N) is 1. The number of sulfone groups is 1. The Labute approximate surface area is 172 Å². The summed E-state index contributed by atoms with van der Waals surface area (Å²) in [6, 6.07) is 13.0. The van der Waals surface area contributed by atoms with Crippen LogP contribution in [0.1, 0.15) is 11.1 Å². The maximum absolute atomic E-state index is 13.8. The molecule has 0 fully saturated rings. The summed E-state index contributed by atoms with van der Waals surface area (Å²) in [5.41, 5.74) is 1.32. The molecule has 0 radical (unpaired) electrons. The Kier molecular flexibility index (Phi) is 6.96. The average Bonchev–Trinajstić information content (AvgIpc) is 3.07. The van der Waals surface area contributed by atoms with Crippen LogP contribution in [0.4, 0.5) is 4.39 Å². The van der Waals surface area contributed by atoms with E-state index < -0.39 is 21.6 Å². The molecule has 9 heteroatoms. The molecule has 1 amide bonds. The minimum Gasteiger partial charge on any atom is -0.374 e. The van der Waals surface area contributed by atoms with Crippen LogP contribution < -0.4 is 0 Å². The number of carbonyl (C=O) groups excluding carboxylic acids is 1. The third kappa shape index (κ3) is 5.83. The molecule has 2 aromatic carbocycles. The first kappa shape index (κ1) is 21.4. The zero-order chi connectivity index (χ0) is 20.9. The minimum absolute atomic E-state index is 0.151. The molecule has 0 saturated heterocycles. The fourth-order valence-electron chi connectivity index (χ4n) is 2.91. The van der Waals surface area contributed by atoms with E-state index in [2.05, 4.69) is 0 Å². The van der Waals surface area contributed by atoms with Gasteiger partial charge in [-0.25, -0.2) is 17.9 Å². The van der Waals surface area contributed by atoms with Gasteiger partial charge in [0.2, 0.25) is 6.41 Å². The van der Waals surface area contributed by atoms with E-state index in [4.69, 9.17) is 4.74 Å². The normalized spacial score (nSPS) is 12.8. The van der Waals surface area contributed by atoms with Crippen LogP contribution in [0.5, 0.6) is 0 Å². The van der Waals surface area contributed by atoms with Crippen molar-refractivity contribution in [3.63, 3.8) is 0 Å². The predicted octanol–water partition coefficient (Wildman–Crippen LogP) is 3.39. The minimum atomic E-state index is -3.71. The van der Waals surface area contributed by atoms with Crippen LogP contribution in [-0.2, 0) is 31.7 Å². The van der Waals surface area contributed by atoms with Crippen LogP contribution in [-0.4, -0.2) is 43.5 Å². The summed E-state index contributed by atoms with van der Waals surface area (Å²) in [6.45, 7) is 0.0692. The second-order valence-corrected chi connectivity index (χ2v) is 9.63. The Morgan fingerprint density at radius 2 is 1.93 bits per heavy atom. The van der Waals surface area contributed by atoms with Gasteiger partial charge in [0.05, 0.1) is 30.8 Å². The Morgan fingerprint density at radius 1 is 1.17 bits per heavy atom. The first-order valence-corrected chi connectivity index (χ1v) is 11.5. The van der Waals surface area contributed by atoms with Crippen LogP contribution in [0.2, 0.25) is 0 Å². The second kappa shape index (κ2) is 9.45. The Hall–Kier alpha value is -2.33. The molecule has 0 aliphatic rings. The number of carbonyl (C=O) groups is 1. The second-order valence-electron chi connectivity index (χ2n) is 6.61. The maximum atomic E-state index is 13.8. The van der Waals surface area contributed by atoms with E-state index in [0.29, 0.717) is 16.0 Å². The standard InChI is InChI=1S/C20H20FNO5S2/c21-19-11-28-20-7-6-16(8-18(19)20)12-29(25,26)13-17(22(24)14-23)10-27-9-15-4-2-1-3-5-15/h1-8,11,14,17,24H,9-10,12-13H2/t17-/m0/s1. The fraction of sp³-hybridized carbons (Fsp3) is 0.250. The molecular weight excluding hydrogens is 417 g/mol. The number of thiophene rings is 1. The highest BCUT2D eigenvalue weighted by Crippen LogP contribution is 2.26. The van der Waals surface area contributed by atoms with Crippen molar-refractivity contribution in [3.8, 4) is 0 Å². The van der Waals surface area contributed by atoms with Crippen LogP contribution in [0.3, 0.4) is 0 Å².